The van der Waals surface area contributed by atoms with Gasteiger partial charge in [-0.05, 0) is 49.5 Å². The van der Waals surface area contributed by atoms with Crippen molar-refractivity contribution in [1.82, 2.24) is 0 Å². The molecule has 0 spiro atoms. The molecule has 1 aliphatic rings. The van der Waals surface area contributed by atoms with Crippen LogP contribution in [0.3, 0.4) is 0 Å². The van der Waals surface area contributed by atoms with E-state index in [2.05, 4.69) is 61.8 Å². The Morgan fingerprint density at radius 3 is 1.70 bits per heavy atom. The third-order valence-electron chi connectivity index (χ3n) is 7.07. The van der Waals surface area contributed by atoms with E-state index in [0.717, 1.165) is 28.5 Å². The summed E-state index contributed by atoms with van der Waals surface area (Å²) in [6.45, 7) is 14.9. The van der Waals surface area contributed by atoms with E-state index in [1.807, 2.05) is 48.5 Å². The largest absolute Gasteiger partial charge is 0.383 e. The molecule has 30 heavy (non-hydrogen) atoms. The summed E-state index contributed by atoms with van der Waals surface area (Å²) in [7, 11) is -5.01. The molecule has 2 aromatic carbocycles. The first kappa shape index (κ1) is 22.5. The predicted molar refractivity (Wildman–Crippen MR) is 137 cm³/mol. The fourth-order valence-electron chi connectivity index (χ4n) is 4.27. The molecule has 0 radical (unpaired) electrons. The van der Waals surface area contributed by atoms with Crippen molar-refractivity contribution in [1.29, 1.82) is 0 Å². The van der Waals surface area contributed by atoms with Gasteiger partial charge < -0.3 is 15.1 Å². The standard InChI is InChI=1S/C24H32N2OSi3/c1-9-20-13-11-15-22(17-20)25-24(26-23-16-12-14-21(10-2)18-23)19-28(3,4)30(7,8)29(5,6)27-24/h1-2,11-18,25-26H,19H2,3-8H3. The highest BCUT2D eigenvalue weighted by Gasteiger charge is 2.63. The minimum atomic E-state index is -1.95. The maximum atomic E-state index is 7.08. The van der Waals surface area contributed by atoms with Crippen molar-refractivity contribution in [3.63, 3.8) is 0 Å². The lowest BCUT2D eigenvalue weighted by molar-refractivity contribution is 0.142. The van der Waals surface area contributed by atoms with Crippen molar-refractivity contribution >= 4 is 33.9 Å². The SMILES string of the molecule is C#Cc1cccc(NC2(Nc3cccc(C#C)c3)C[Si](C)(C)[Si](C)(C)[Si](C)(C)O2)c1. The molecule has 0 aliphatic carbocycles. The molecule has 1 heterocycles. The number of anilines is 2. The summed E-state index contributed by atoms with van der Waals surface area (Å²) < 4.78 is 7.08. The Morgan fingerprint density at radius 1 is 0.833 bits per heavy atom. The van der Waals surface area contributed by atoms with Crippen LogP contribution in [0.4, 0.5) is 11.4 Å². The Bertz CT molecular complexity index is 950. The molecule has 3 rings (SSSR count). The minimum Gasteiger partial charge on any atom is -0.383 e. The molecule has 0 amide bonds. The van der Waals surface area contributed by atoms with Gasteiger partial charge in [0, 0.05) is 36.1 Å². The number of rotatable bonds is 4. The van der Waals surface area contributed by atoms with Gasteiger partial charge in [-0.15, -0.1) is 12.8 Å². The van der Waals surface area contributed by atoms with Crippen LogP contribution in [0.5, 0.6) is 0 Å². The molecule has 0 bridgehead atoms. The average Bonchev–Trinajstić information content (AvgIpc) is 2.66. The third-order valence-corrected chi connectivity index (χ3v) is 47.2. The third kappa shape index (κ3) is 4.14. The van der Waals surface area contributed by atoms with Gasteiger partial charge in [0.1, 0.15) is 0 Å². The van der Waals surface area contributed by atoms with Gasteiger partial charge >= 0.3 is 0 Å². The quantitative estimate of drug-likeness (QED) is 0.361. The van der Waals surface area contributed by atoms with Gasteiger partial charge in [-0.3, -0.25) is 0 Å². The monoisotopic (exact) mass is 448 g/mol. The van der Waals surface area contributed by atoms with Crippen LogP contribution in [-0.4, -0.2) is 28.4 Å². The molecule has 1 saturated heterocycles. The van der Waals surface area contributed by atoms with Crippen molar-refractivity contribution in [2.75, 3.05) is 10.6 Å². The molecule has 156 valence electrons. The zero-order valence-corrected chi connectivity index (χ0v) is 21.9. The second-order valence-electron chi connectivity index (χ2n) is 9.83. The Morgan fingerprint density at radius 2 is 1.30 bits per heavy atom. The van der Waals surface area contributed by atoms with Gasteiger partial charge in [0.15, 0.2) is 7.83 Å². The van der Waals surface area contributed by atoms with E-state index in [0.29, 0.717) is 0 Å². The Balaban J connectivity index is 2.09. The smallest absolute Gasteiger partial charge is 0.204 e. The van der Waals surface area contributed by atoms with E-state index in [1.165, 1.54) is 0 Å². The van der Waals surface area contributed by atoms with E-state index >= 15 is 0 Å². The molecule has 3 nitrogen and oxygen atoms in total. The number of hydrogen-bond acceptors (Lipinski definition) is 3. The predicted octanol–water partition coefficient (Wildman–Crippen LogP) is 5.64. The van der Waals surface area contributed by atoms with Gasteiger partial charge in [-0.2, -0.15) is 0 Å². The van der Waals surface area contributed by atoms with Crippen LogP contribution in [-0.2, 0) is 4.43 Å². The zero-order chi connectivity index (χ0) is 22.2. The summed E-state index contributed by atoms with van der Waals surface area (Å²) in [5, 5.41) is 7.43. The first-order valence-corrected chi connectivity index (χ1v) is 21.5. The Hall–Kier alpha value is -2.23. The fourth-order valence-corrected chi connectivity index (χ4v) is 33.5. The summed E-state index contributed by atoms with van der Waals surface area (Å²) in [5.74, 6) is 4.77. The molecule has 2 aromatic rings. The second-order valence-corrected chi connectivity index (χ2v) is 37.1. The van der Waals surface area contributed by atoms with Crippen LogP contribution in [0.1, 0.15) is 11.1 Å². The van der Waals surface area contributed by atoms with Gasteiger partial charge in [0.25, 0.3) is 0 Å². The van der Waals surface area contributed by atoms with E-state index < -0.39 is 28.4 Å². The van der Waals surface area contributed by atoms with Crippen molar-refractivity contribution in [3.05, 3.63) is 59.7 Å². The van der Waals surface area contributed by atoms with Gasteiger partial charge in [-0.1, -0.05) is 50.2 Å². The first-order chi connectivity index (χ1) is 13.9. The second kappa shape index (κ2) is 7.79. The van der Waals surface area contributed by atoms with Crippen LogP contribution >= 0.6 is 0 Å². The van der Waals surface area contributed by atoms with Crippen LogP contribution in [0.25, 0.3) is 0 Å². The molecule has 0 saturated carbocycles. The molecule has 2 N–H and O–H groups in total. The number of terminal acetylenes is 2. The van der Waals surface area contributed by atoms with Gasteiger partial charge in [0.2, 0.25) is 5.85 Å². The summed E-state index contributed by atoms with van der Waals surface area (Å²) in [6.07, 6.45) is 11.3. The van der Waals surface area contributed by atoms with E-state index in [1.54, 1.807) is 0 Å². The van der Waals surface area contributed by atoms with Crippen molar-refractivity contribution in [2.45, 2.75) is 51.2 Å². The summed E-state index contributed by atoms with van der Waals surface area (Å²) in [5.41, 5.74) is 3.62. The van der Waals surface area contributed by atoms with Crippen LogP contribution < -0.4 is 10.6 Å². The number of nitrogens with one attached hydrogen (secondary N) is 2. The average molecular weight is 449 g/mol. The lowest BCUT2D eigenvalue weighted by atomic mass is 10.2. The Kier molecular flexibility index (Phi) is 5.83. The highest BCUT2D eigenvalue weighted by atomic mass is 29.6. The molecular formula is C24H32N2OSi3. The first-order valence-electron chi connectivity index (χ1n) is 10.3. The summed E-state index contributed by atoms with van der Waals surface area (Å²) in [4.78, 5) is 0. The molecule has 0 unspecified atom stereocenters. The van der Waals surface area contributed by atoms with E-state index in [4.69, 9.17) is 17.3 Å². The van der Waals surface area contributed by atoms with E-state index in [9.17, 15) is 0 Å². The topological polar surface area (TPSA) is 33.3 Å². The maximum Gasteiger partial charge on any atom is 0.204 e. The molecule has 1 fully saturated rings. The zero-order valence-electron chi connectivity index (χ0n) is 18.9. The number of benzene rings is 2. The van der Waals surface area contributed by atoms with E-state index in [-0.39, 0.29) is 0 Å². The fraction of sp³-hybridized carbons (Fsp3) is 0.333. The van der Waals surface area contributed by atoms with Gasteiger partial charge in [-0.25, -0.2) is 0 Å². The molecular weight excluding hydrogens is 417 g/mol. The normalized spacial score (nSPS) is 20.4. The maximum absolute atomic E-state index is 7.08. The van der Waals surface area contributed by atoms with Gasteiger partial charge in [0.05, 0.1) is 7.11 Å². The highest BCUT2D eigenvalue weighted by molar-refractivity contribution is 7.67. The van der Waals surface area contributed by atoms with Crippen molar-refractivity contribution in [3.8, 4) is 24.7 Å². The van der Waals surface area contributed by atoms with Crippen molar-refractivity contribution in [2.24, 2.45) is 0 Å². The van der Waals surface area contributed by atoms with Crippen LogP contribution in [0.15, 0.2) is 48.5 Å². The van der Waals surface area contributed by atoms with Crippen LogP contribution in [0.2, 0.25) is 45.3 Å². The molecule has 1 aliphatic heterocycles. The Labute approximate surface area is 184 Å². The molecule has 6 heteroatoms. The number of hydrogen-bond donors (Lipinski definition) is 2. The highest BCUT2D eigenvalue weighted by Crippen LogP contribution is 2.44. The summed E-state index contributed by atoms with van der Waals surface area (Å²) in [6, 6.07) is 16.9. The molecule has 0 atom stereocenters. The summed E-state index contributed by atoms with van der Waals surface area (Å²) >= 11 is 0. The minimum absolute atomic E-state index is 0.686. The lowest BCUT2D eigenvalue weighted by Gasteiger charge is -2.59. The lowest BCUT2D eigenvalue weighted by Crippen LogP contribution is -2.80. The molecule has 0 aromatic heterocycles. The van der Waals surface area contributed by atoms with Crippen molar-refractivity contribution < 1.29 is 4.43 Å². The van der Waals surface area contributed by atoms with Crippen LogP contribution in [0, 0.1) is 24.7 Å².